The van der Waals surface area contributed by atoms with E-state index in [0.29, 0.717) is 62.4 Å². The lowest BCUT2D eigenvalue weighted by Crippen LogP contribution is -2.65. The number of nitrogens with one attached hydrogen (secondary N) is 3. The Balaban J connectivity index is 1.36. The number of rotatable bonds is 15. The molecule has 244 valence electrons. The van der Waals surface area contributed by atoms with Gasteiger partial charge in [0.15, 0.2) is 5.96 Å². The van der Waals surface area contributed by atoms with Gasteiger partial charge in [-0.2, -0.15) is 0 Å². The summed E-state index contributed by atoms with van der Waals surface area (Å²) in [5.74, 6) is 0.726. The quantitative estimate of drug-likeness (QED) is 0.102. The number of carbonyl (C=O) groups excluding carboxylic acids is 2. The molecule has 6 atom stereocenters. The summed E-state index contributed by atoms with van der Waals surface area (Å²) >= 11 is 0. The third kappa shape index (κ3) is 8.13. The zero-order valence-corrected chi connectivity index (χ0v) is 27.5. The number of aryl methyl sites for hydroxylation is 1. The van der Waals surface area contributed by atoms with Gasteiger partial charge in [-0.05, 0) is 99.2 Å². The molecule has 9 nitrogen and oxygen atoms in total. The minimum atomic E-state index is -0.707. The fraction of sp³-hybridized carbons (Fsp3) is 0.727. The molecular weight excluding hydrogens is 560 g/mol. The highest BCUT2D eigenvalue weighted by molar-refractivity contribution is 6.48. The van der Waals surface area contributed by atoms with E-state index in [2.05, 4.69) is 55.6 Å². The van der Waals surface area contributed by atoms with Gasteiger partial charge in [0.1, 0.15) is 11.9 Å². The fourth-order valence-electron chi connectivity index (χ4n) is 7.50. The highest BCUT2D eigenvalue weighted by atomic mass is 19.1. The Labute approximate surface area is 263 Å². The largest absolute Gasteiger partial charge is 0.481 e. The molecule has 0 radical (unpaired) electrons. The number of benzene rings is 1. The minimum absolute atomic E-state index is 0.0259. The van der Waals surface area contributed by atoms with E-state index >= 15 is 0 Å². The van der Waals surface area contributed by atoms with Crippen LogP contribution in [0.25, 0.3) is 0 Å². The van der Waals surface area contributed by atoms with Crippen LogP contribution >= 0.6 is 0 Å². The van der Waals surface area contributed by atoms with Crippen LogP contribution in [0.15, 0.2) is 29.3 Å². The summed E-state index contributed by atoms with van der Waals surface area (Å²) in [7, 11) is 1.08. The average molecular weight is 614 g/mol. The highest BCUT2D eigenvalue weighted by Crippen LogP contribution is 2.65. The van der Waals surface area contributed by atoms with Crippen molar-refractivity contribution < 1.29 is 23.3 Å². The van der Waals surface area contributed by atoms with Crippen molar-refractivity contribution in [3.63, 3.8) is 0 Å². The van der Waals surface area contributed by atoms with Crippen LogP contribution < -0.4 is 21.7 Å². The summed E-state index contributed by atoms with van der Waals surface area (Å²) < 4.78 is 26.5. The van der Waals surface area contributed by atoms with E-state index in [1.165, 1.54) is 12.1 Å². The molecule has 4 fully saturated rings. The van der Waals surface area contributed by atoms with Gasteiger partial charge in [0, 0.05) is 20.0 Å². The van der Waals surface area contributed by atoms with Crippen molar-refractivity contribution in [2.45, 2.75) is 116 Å². The molecule has 4 aliphatic rings. The number of guanidine groups is 1. The lowest BCUT2D eigenvalue weighted by molar-refractivity contribution is -0.199. The second-order valence-corrected chi connectivity index (χ2v) is 14.2. The zero-order chi connectivity index (χ0) is 32.1. The van der Waals surface area contributed by atoms with Gasteiger partial charge in [-0.1, -0.05) is 39.8 Å². The molecule has 2 amide bonds. The Morgan fingerprint density at radius 3 is 2.50 bits per heavy atom. The molecule has 1 saturated heterocycles. The number of hydrogen-bond acceptors (Lipinski definition) is 5. The second kappa shape index (κ2) is 14.6. The Morgan fingerprint density at radius 1 is 1.11 bits per heavy atom. The number of amides is 2. The number of carbonyl (C=O) groups is 2. The van der Waals surface area contributed by atoms with Crippen LogP contribution in [0, 0.1) is 29.0 Å². The molecule has 11 heteroatoms. The van der Waals surface area contributed by atoms with Crippen LogP contribution in [-0.2, 0) is 25.3 Å². The Bertz CT molecular complexity index is 1170. The number of hydrogen-bond donors (Lipinski definition) is 4. The van der Waals surface area contributed by atoms with Crippen molar-refractivity contribution in [2.75, 3.05) is 13.6 Å². The van der Waals surface area contributed by atoms with Gasteiger partial charge in [0.25, 0.3) is 0 Å². The predicted octanol–water partition coefficient (Wildman–Crippen LogP) is 4.14. The van der Waals surface area contributed by atoms with E-state index in [9.17, 15) is 14.0 Å². The summed E-state index contributed by atoms with van der Waals surface area (Å²) in [6.45, 7) is 11.6. The van der Waals surface area contributed by atoms with Crippen molar-refractivity contribution in [1.82, 2.24) is 16.0 Å². The Hall–Kier alpha value is -2.66. The third-order valence-electron chi connectivity index (χ3n) is 10.3. The summed E-state index contributed by atoms with van der Waals surface area (Å²) in [6.07, 6.45) is 6.46. The van der Waals surface area contributed by atoms with Crippen molar-refractivity contribution >= 4 is 24.9 Å². The maximum atomic E-state index is 13.8. The average Bonchev–Trinajstić information content (AvgIpc) is 3.34. The number of halogens is 1. The molecule has 1 aliphatic heterocycles. The molecule has 44 heavy (non-hydrogen) atoms. The van der Waals surface area contributed by atoms with Gasteiger partial charge in [0.05, 0.1) is 17.6 Å². The summed E-state index contributed by atoms with van der Waals surface area (Å²) in [6, 6.07) is 5.73. The smallest absolute Gasteiger partial charge is 0.404 e. The molecule has 0 spiro atoms. The Kier molecular flexibility index (Phi) is 11.4. The van der Waals surface area contributed by atoms with Crippen LogP contribution in [0.2, 0.25) is 0 Å². The maximum Gasteiger partial charge on any atom is 0.481 e. The first-order chi connectivity index (χ1) is 20.8. The van der Waals surface area contributed by atoms with E-state index in [-0.39, 0.29) is 40.7 Å². The standard InChI is InChI=1S/C33H53BFN5O4/c1-21(2)18-28(34-43-27-20-23-19-26(32(23,3)4)33(27,5)44-34)40-30(42)25(11-9-17-38-31(36)37-6)39-29(41)12-8-7-10-22-13-15-24(35)16-14-22/h13-16,21,23,25-28H,7-12,17-20H2,1-6H3,(H,39,41)(H,40,42)(H3,36,37,38)/t23-,25-,26-,27+,28-,33-/m0/s1. The molecule has 3 saturated carbocycles. The van der Waals surface area contributed by atoms with Gasteiger partial charge < -0.3 is 31.0 Å². The molecular formula is C33H53BFN5O4. The maximum absolute atomic E-state index is 13.8. The van der Waals surface area contributed by atoms with Crippen LogP contribution in [0.3, 0.4) is 0 Å². The van der Waals surface area contributed by atoms with Gasteiger partial charge >= 0.3 is 7.12 Å². The van der Waals surface area contributed by atoms with E-state index < -0.39 is 13.2 Å². The molecule has 3 aliphatic carbocycles. The Morgan fingerprint density at radius 2 is 1.84 bits per heavy atom. The first kappa shape index (κ1) is 34.2. The van der Waals surface area contributed by atoms with Crippen molar-refractivity contribution in [3.05, 3.63) is 35.6 Å². The molecule has 5 N–H and O–H groups in total. The van der Waals surface area contributed by atoms with E-state index in [4.69, 9.17) is 15.0 Å². The lowest BCUT2D eigenvalue weighted by atomic mass is 9.43. The first-order valence-corrected chi connectivity index (χ1v) is 16.5. The number of unbranched alkanes of at least 4 members (excludes halogenated alkanes) is 1. The van der Waals surface area contributed by atoms with E-state index in [0.717, 1.165) is 31.2 Å². The molecule has 1 aromatic rings. The second-order valence-electron chi connectivity index (χ2n) is 14.2. The van der Waals surface area contributed by atoms with Crippen molar-refractivity contribution in [3.8, 4) is 0 Å². The van der Waals surface area contributed by atoms with Gasteiger partial charge in [-0.15, -0.1) is 0 Å². The molecule has 0 aromatic heterocycles. The van der Waals surface area contributed by atoms with Gasteiger partial charge in [-0.25, -0.2) is 4.39 Å². The summed E-state index contributed by atoms with van der Waals surface area (Å²) in [5, 5.41) is 9.23. The van der Waals surface area contributed by atoms with Gasteiger partial charge in [0.2, 0.25) is 11.8 Å². The summed E-state index contributed by atoms with van der Waals surface area (Å²) in [5.41, 5.74) is 6.67. The third-order valence-corrected chi connectivity index (χ3v) is 10.3. The van der Waals surface area contributed by atoms with Crippen LogP contribution in [-0.4, -0.2) is 62.2 Å². The van der Waals surface area contributed by atoms with Crippen molar-refractivity contribution in [2.24, 2.45) is 33.9 Å². The lowest BCUT2D eigenvalue weighted by Gasteiger charge is -2.64. The minimum Gasteiger partial charge on any atom is -0.404 e. The monoisotopic (exact) mass is 613 g/mol. The van der Waals surface area contributed by atoms with Crippen LogP contribution in [0.1, 0.15) is 91.5 Å². The molecule has 2 bridgehead atoms. The molecule has 1 aromatic carbocycles. The SMILES string of the molecule is CN=C(N)NCCC[C@H](NC(=O)CCCCc1ccc(F)cc1)C(=O)N[C@@H](CC(C)C)B1O[C@@H]2C[C@@H]3C[C@@H](C3(C)C)[C@]2(C)O1. The summed E-state index contributed by atoms with van der Waals surface area (Å²) in [4.78, 5) is 30.7. The first-order valence-electron chi connectivity index (χ1n) is 16.5. The zero-order valence-electron chi connectivity index (χ0n) is 27.5. The highest BCUT2D eigenvalue weighted by Gasteiger charge is 2.68. The predicted molar refractivity (Wildman–Crippen MR) is 172 cm³/mol. The number of nitrogens with two attached hydrogens (primary N) is 1. The molecule has 5 rings (SSSR count). The topological polar surface area (TPSA) is 127 Å². The van der Waals surface area contributed by atoms with Crippen molar-refractivity contribution in [1.29, 1.82) is 0 Å². The molecule has 1 heterocycles. The normalized spacial score (nSPS) is 26.9. The van der Waals surface area contributed by atoms with E-state index in [1.54, 1.807) is 19.2 Å². The van der Waals surface area contributed by atoms with Crippen LogP contribution in [0.4, 0.5) is 4.39 Å². The number of nitrogens with zero attached hydrogens (tertiary/aromatic N) is 1. The number of aliphatic imine (C=N–C) groups is 1. The molecule has 0 unspecified atom stereocenters. The van der Waals surface area contributed by atoms with Crippen LogP contribution in [0.5, 0.6) is 0 Å². The van der Waals surface area contributed by atoms with Gasteiger partial charge in [-0.3, -0.25) is 14.6 Å². The van der Waals surface area contributed by atoms with E-state index in [1.807, 2.05) is 0 Å². The fourth-order valence-corrected chi connectivity index (χ4v) is 7.50.